The molecule has 0 aliphatic rings. The van der Waals surface area contributed by atoms with Crippen LogP contribution in [0.4, 0.5) is 5.69 Å². The van der Waals surface area contributed by atoms with E-state index < -0.39 is 10.8 Å². The number of rotatable bonds is 5. The lowest BCUT2D eigenvalue weighted by atomic mass is 10.1. The maximum Gasteiger partial charge on any atom is 0.284 e. The third-order valence-corrected chi connectivity index (χ3v) is 2.84. The number of non-ortho nitro benzene ring substituents is 1. The molecule has 0 saturated heterocycles. The van der Waals surface area contributed by atoms with Crippen molar-refractivity contribution in [2.24, 2.45) is 5.73 Å². The summed E-state index contributed by atoms with van der Waals surface area (Å²) in [5, 5.41) is 10.8. The number of nitro benzene ring substituents is 1. The smallest absolute Gasteiger partial charge is 0.284 e. The van der Waals surface area contributed by atoms with Gasteiger partial charge in [-0.2, -0.15) is 0 Å². The lowest BCUT2D eigenvalue weighted by Gasteiger charge is -2.08. The number of benzene rings is 2. The molecule has 0 atom stereocenters. The quantitative estimate of drug-likeness (QED) is 0.397. The SMILES string of the molecule is Cc1cccc(O/C(=C\c2cccc([N+](=O)[O-])c2)C(N)=O)c1. The Balaban J connectivity index is 2.33. The summed E-state index contributed by atoms with van der Waals surface area (Å²) in [5.41, 5.74) is 6.65. The second-order valence-corrected chi connectivity index (χ2v) is 4.64. The molecule has 6 nitrogen and oxygen atoms in total. The van der Waals surface area contributed by atoms with Crippen molar-refractivity contribution < 1.29 is 14.5 Å². The molecule has 0 heterocycles. The molecule has 2 aromatic rings. The van der Waals surface area contributed by atoms with Gasteiger partial charge in [-0.1, -0.05) is 24.3 Å². The maximum atomic E-state index is 11.5. The highest BCUT2D eigenvalue weighted by Gasteiger charge is 2.10. The Bertz CT molecular complexity index is 753. The zero-order valence-corrected chi connectivity index (χ0v) is 11.9. The Morgan fingerprint density at radius 3 is 2.59 bits per heavy atom. The van der Waals surface area contributed by atoms with Gasteiger partial charge in [0, 0.05) is 12.1 Å². The molecule has 2 rings (SSSR count). The van der Waals surface area contributed by atoms with Crippen LogP contribution in [0.1, 0.15) is 11.1 Å². The molecule has 0 aromatic heterocycles. The van der Waals surface area contributed by atoms with E-state index >= 15 is 0 Å². The van der Waals surface area contributed by atoms with Gasteiger partial charge in [0.05, 0.1) is 4.92 Å². The molecule has 0 unspecified atom stereocenters. The van der Waals surface area contributed by atoms with E-state index in [2.05, 4.69) is 0 Å². The molecule has 2 aromatic carbocycles. The fourth-order valence-electron chi connectivity index (χ4n) is 1.84. The van der Waals surface area contributed by atoms with Crippen molar-refractivity contribution in [1.29, 1.82) is 0 Å². The zero-order valence-electron chi connectivity index (χ0n) is 11.9. The van der Waals surface area contributed by atoms with Gasteiger partial charge in [0.2, 0.25) is 0 Å². The standard InChI is InChI=1S/C16H14N2O4/c1-11-4-2-7-14(8-11)22-15(16(17)19)10-12-5-3-6-13(9-12)18(20)21/h2-10H,1H3,(H2,17,19)/b15-10-. The van der Waals surface area contributed by atoms with Crippen LogP contribution >= 0.6 is 0 Å². The third-order valence-electron chi connectivity index (χ3n) is 2.84. The van der Waals surface area contributed by atoms with Crippen LogP contribution in [-0.2, 0) is 4.79 Å². The number of hydrogen-bond donors (Lipinski definition) is 1. The number of ether oxygens (including phenoxy) is 1. The summed E-state index contributed by atoms with van der Waals surface area (Å²) in [7, 11) is 0. The largest absolute Gasteiger partial charge is 0.452 e. The highest BCUT2D eigenvalue weighted by atomic mass is 16.6. The second kappa shape index (κ2) is 6.53. The predicted octanol–water partition coefficient (Wildman–Crippen LogP) is 2.81. The van der Waals surface area contributed by atoms with Crippen LogP contribution in [0.3, 0.4) is 0 Å². The van der Waals surface area contributed by atoms with E-state index in [1.807, 2.05) is 13.0 Å². The van der Waals surface area contributed by atoms with Gasteiger partial charge >= 0.3 is 0 Å². The maximum absolute atomic E-state index is 11.5. The second-order valence-electron chi connectivity index (χ2n) is 4.64. The van der Waals surface area contributed by atoms with Crippen LogP contribution in [0.25, 0.3) is 6.08 Å². The Labute approximate surface area is 127 Å². The summed E-state index contributed by atoms with van der Waals surface area (Å²) < 4.78 is 5.48. The fraction of sp³-hybridized carbons (Fsp3) is 0.0625. The molecule has 0 aliphatic heterocycles. The van der Waals surface area contributed by atoms with Crippen molar-refractivity contribution in [3.63, 3.8) is 0 Å². The first-order valence-electron chi connectivity index (χ1n) is 6.46. The minimum Gasteiger partial charge on any atom is -0.452 e. The number of nitrogens with zero attached hydrogens (tertiary/aromatic N) is 1. The average molecular weight is 298 g/mol. The van der Waals surface area contributed by atoms with E-state index in [1.165, 1.54) is 24.3 Å². The van der Waals surface area contributed by atoms with Crippen LogP contribution in [0.5, 0.6) is 5.75 Å². The first-order valence-corrected chi connectivity index (χ1v) is 6.46. The molecule has 2 N–H and O–H groups in total. The Hall–Kier alpha value is -3.15. The van der Waals surface area contributed by atoms with Crippen molar-refractivity contribution in [3.05, 3.63) is 75.5 Å². The average Bonchev–Trinajstić information content (AvgIpc) is 2.47. The van der Waals surface area contributed by atoms with Crippen molar-refractivity contribution in [2.45, 2.75) is 6.92 Å². The molecule has 0 bridgehead atoms. The Morgan fingerprint density at radius 1 is 1.23 bits per heavy atom. The van der Waals surface area contributed by atoms with E-state index in [0.29, 0.717) is 11.3 Å². The van der Waals surface area contributed by atoms with E-state index in [1.54, 1.807) is 24.3 Å². The molecule has 0 aliphatic carbocycles. The molecule has 0 spiro atoms. The van der Waals surface area contributed by atoms with Gasteiger partial charge in [0.15, 0.2) is 5.76 Å². The normalized spacial score (nSPS) is 11.0. The number of carbonyl (C=O) groups is 1. The Kier molecular flexibility index (Phi) is 4.53. The van der Waals surface area contributed by atoms with Gasteiger partial charge in [-0.15, -0.1) is 0 Å². The first kappa shape index (κ1) is 15.2. The van der Waals surface area contributed by atoms with Crippen molar-refractivity contribution in [1.82, 2.24) is 0 Å². The lowest BCUT2D eigenvalue weighted by Crippen LogP contribution is -2.18. The molecule has 112 valence electrons. The fourth-order valence-corrected chi connectivity index (χ4v) is 1.84. The van der Waals surface area contributed by atoms with E-state index in [-0.39, 0.29) is 11.4 Å². The van der Waals surface area contributed by atoms with Gasteiger partial charge in [-0.05, 0) is 36.3 Å². The summed E-state index contributed by atoms with van der Waals surface area (Å²) >= 11 is 0. The third kappa shape index (κ3) is 3.92. The molecule has 0 fully saturated rings. The summed E-state index contributed by atoms with van der Waals surface area (Å²) in [4.78, 5) is 21.8. The van der Waals surface area contributed by atoms with Crippen molar-refractivity contribution >= 4 is 17.7 Å². The van der Waals surface area contributed by atoms with Crippen LogP contribution in [-0.4, -0.2) is 10.8 Å². The number of primary amides is 1. The number of amides is 1. The van der Waals surface area contributed by atoms with Gasteiger partial charge in [-0.25, -0.2) is 0 Å². The molecule has 0 radical (unpaired) electrons. The predicted molar refractivity (Wildman–Crippen MR) is 82.1 cm³/mol. The molecular weight excluding hydrogens is 284 g/mol. The van der Waals surface area contributed by atoms with Gasteiger partial charge in [-0.3, -0.25) is 14.9 Å². The summed E-state index contributed by atoms with van der Waals surface area (Å²) in [5.74, 6) is -0.380. The van der Waals surface area contributed by atoms with Gasteiger partial charge in [0.25, 0.3) is 11.6 Å². The summed E-state index contributed by atoms with van der Waals surface area (Å²) in [6.07, 6.45) is 1.37. The molecule has 0 saturated carbocycles. The minimum absolute atomic E-state index is 0.0758. The zero-order chi connectivity index (χ0) is 16.1. The molecule has 1 amide bonds. The molecular formula is C16H14N2O4. The topological polar surface area (TPSA) is 95.5 Å². The van der Waals surface area contributed by atoms with Crippen LogP contribution < -0.4 is 10.5 Å². The monoisotopic (exact) mass is 298 g/mol. The highest BCUT2D eigenvalue weighted by Crippen LogP contribution is 2.19. The summed E-state index contributed by atoms with van der Waals surface area (Å²) in [6.45, 7) is 1.89. The van der Waals surface area contributed by atoms with Crippen LogP contribution in [0.15, 0.2) is 54.3 Å². The number of nitro groups is 1. The number of carbonyl (C=O) groups excluding carboxylic acids is 1. The van der Waals surface area contributed by atoms with Crippen molar-refractivity contribution in [3.8, 4) is 5.75 Å². The first-order chi connectivity index (χ1) is 10.5. The van der Waals surface area contributed by atoms with Gasteiger partial charge in [0.1, 0.15) is 5.75 Å². The molecule has 22 heavy (non-hydrogen) atoms. The van der Waals surface area contributed by atoms with Gasteiger partial charge < -0.3 is 10.5 Å². The van der Waals surface area contributed by atoms with E-state index in [4.69, 9.17) is 10.5 Å². The summed E-state index contributed by atoms with van der Waals surface area (Å²) in [6, 6.07) is 13.0. The van der Waals surface area contributed by atoms with E-state index in [0.717, 1.165) is 5.56 Å². The Morgan fingerprint density at radius 2 is 1.95 bits per heavy atom. The lowest BCUT2D eigenvalue weighted by molar-refractivity contribution is -0.384. The number of nitrogens with two attached hydrogens (primary N) is 1. The van der Waals surface area contributed by atoms with Crippen LogP contribution in [0.2, 0.25) is 0 Å². The highest BCUT2D eigenvalue weighted by molar-refractivity contribution is 5.95. The number of hydrogen-bond acceptors (Lipinski definition) is 4. The minimum atomic E-state index is -0.756. The van der Waals surface area contributed by atoms with Crippen molar-refractivity contribution in [2.75, 3.05) is 0 Å². The van der Waals surface area contributed by atoms with Crippen LogP contribution in [0, 0.1) is 17.0 Å². The van der Waals surface area contributed by atoms with E-state index in [9.17, 15) is 14.9 Å². The number of aryl methyl sites for hydroxylation is 1. The molecule has 6 heteroatoms.